The molecule has 2 rings (SSSR count). The highest BCUT2D eigenvalue weighted by Crippen LogP contribution is 2.31. The minimum Gasteiger partial charge on any atom is -0.478 e. The van der Waals surface area contributed by atoms with E-state index in [1.807, 2.05) is 0 Å². The van der Waals surface area contributed by atoms with Crippen LogP contribution in [-0.4, -0.2) is 16.1 Å². The second-order valence-electron chi connectivity index (χ2n) is 4.72. The Bertz CT molecular complexity index is 796. The molecule has 0 radical (unpaired) electrons. The molecule has 0 aliphatic heterocycles. The van der Waals surface area contributed by atoms with Crippen LogP contribution in [0.15, 0.2) is 60.8 Å². The third-order valence-electron chi connectivity index (χ3n) is 3.06. The summed E-state index contributed by atoms with van der Waals surface area (Å²) in [6, 6.07) is 7.73. The number of carboxylic acids is 1. The lowest BCUT2D eigenvalue weighted by molar-refractivity contribution is -0.137. The van der Waals surface area contributed by atoms with Gasteiger partial charge in [-0.3, -0.25) is 0 Å². The van der Waals surface area contributed by atoms with Crippen molar-refractivity contribution in [3.05, 3.63) is 82.7 Å². The average Bonchev–Trinajstić information content (AvgIpc) is 2.50. The molecule has 1 aromatic heterocycles. The first-order valence-corrected chi connectivity index (χ1v) is 7.06. The van der Waals surface area contributed by atoms with E-state index in [4.69, 9.17) is 16.7 Å². The number of hydrogen-bond donors (Lipinski definition) is 1. The van der Waals surface area contributed by atoms with Crippen molar-refractivity contribution in [1.29, 1.82) is 0 Å². The smallest absolute Gasteiger partial charge is 0.416 e. The van der Waals surface area contributed by atoms with Gasteiger partial charge in [0.25, 0.3) is 0 Å². The maximum Gasteiger partial charge on any atom is 0.416 e. The maximum absolute atomic E-state index is 12.7. The normalized spacial score (nSPS) is 12.6. The fourth-order valence-electron chi connectivity index (χ4n) is 1.99. The van der Waals surface area contributed by atoms with Crippen LogP contribution in [-0.2, 0) is 11.0 Å². The molecule has 24 heavy (non-hydrogen) atoms. The standard InChI is InChI=1S/C17H11ClF3NO2/c18-15-10-12(8-9-22-15)14(2-1-3-16(23)24)11-4-6-13(7-5-11)17(19,20)21/h1-10H,(H,23,24). The zero-order valence-electron chi connectivity index (χ0n) is 12.1. The van der Waals surface area contributed by atoms with Crippen LogP contribution in [0.4, 0.5) is 13.2 Å². The number of alkyl halides is 3. The van der Waals surface area contributed by atoms with Gasteiger partial charge in [-0.15, -0.1) is 0 Å². The molecule has 3 nitrogen and oxygen atoms in total. The summed E-state index contributed by atoms with van der Waals surface area (Å²) < 4.78 is 38.0. The number of carbonyl (C=O) groups is 1. The van der Waals surface area contributed by atoms with E-state index in [0.717, 1.165) is 18.2 Å². The van der Waals surface area contributed by atoms with E-state index in [9.17, 15) is 18.0 Å². The van der Waals surface area contributed by atoms with Crippen molar-refractivity contribution in [2.24, 2.45) is 0 Å². The van der Waals surface area contributed by atoms with Gasteiger partial charge in [0.05, 0.1) is 5.56 Å². The molecule has 0 spiro atoms. The van der Waals surface area contributed by atoms with E-state index in [0.29, 0.717) is 16.7 Å². The first-order chi connectivity index (χ1) is 11.3. The van der Waals surface area contributed by atoms with E-state index < -0.39 is 17.7 Å². The molecule has 124 valence electrons. The van der Waals surface area contributed by atoms with Crippen LogP contribution in [0.25, 0.3) is 5.57 Å². The van der Waals surface area contributed by atoms with Crippen LogP contribution in [0.1, 0.15) is 16.7 Å². The summed E-state index contributed by atoms with van der Waals surface area (Å²) in [7, 11) is 0. The zero-order valence-corrected chi connectivity index (χ0v) is 12.8. The number of hydrogen-bond acceptors (Lipinski definition) is 2. The number of aliphatic carboxylic acids is 1. The lowest BCUT2D eigenvalue weighted by atomic mass is 9.97. The van der Waals surface area contributed by atoms with Crippen molar-refractivity contribution < 1.29 is 23.1 Å². The minimum absolute atomic E-state index is 0.215. The Kier molecular flexibility index (Phi) is 5.41. The Hall–Kier alpha value is -2.60. The molecular weight excluding hydrogens is 343 g/mol. The highest BCUT2D eigenvalue weighted by Gasteiger charge is 2.30. The van der Waals surface area contributed by atoms with Gasteiger partial charge in [-0.2, -0.15) is 13.2 Å². The molecule has 0 atom stereocenters. The Labute approximate surface area is 140 Å². The quantitative estimate of drug-likeness (QED) is 0.487. The van der Waals surface area contributed by atoms with Gasteiger partial charge in [-0.25, -0.2) is 9.78 Å². The summed E-state index contributed by atoms with van der Waals surface area (Å²) in [4.78, 5) is 14.4. The second kappa shape index (κ2) is 7.31. The number of pyridine rings is 1. The summed E-state index contributed by atoms with van der Waals surface area (Å²) in [5, 5.41) is 8.88. The van der Waals surface area contributed by atoms with Crippen LogP contribution >= 0.6 is 11.6 Å². The van der Waals surface area contributed by atoms with E-state index in [-0.39, 0.29) is 5.15 Å². The number of nitrogens with zero attached hydrogens (tertiary/aromatic N) is 1. The van der Waals surface area contributed by atoms with Gasteiger partial charge >= 0.3 is 12.1 Å². The fraction of sp³-hybridized carbons (Fsp3) is 0.0588. The predicted molar refractivity (Wildman–Crippen MR) is 84.5 cm³/mol. The molecule has 2 aromatic rings. The second-order valence-corrected chi connectivity index (χ2v) is 5.11. The maximum atomic E-state index is 12.7. The Morgan fingerprint density at radius 3 is 2.33 bits per heavy atom. The van der Waals surface area contributed by atoms with Crippen LogP contribution in [0.3, 0.4) is 0 Å². The molecule has 0 bridgehead atoms. The molecule has 0 fully saturated rings. The molecule has 0 aliphatic rings. The molecular formula is C17H11ClF3NO2. The molecule has 1 N–H and O–H groups in total. The van der Waals surface area contributed by atoms with Gasteiger partial charge in [0, 0.05) is 12.3 Å². The highest BCUT2D eigenvalue weighted by atomic mass is 35.5. The van der Waals surface area contributed by atoms with Crippen LogP contribution < -0.4 is 0 Å². The Morgan fingerprint density at radius 1 is 1.12 bits per heavy atom. The van der Waals surface area contributed by atoms with Gasteiger partial charge in [-0.1, -0.05) is 35.9 Å². The van der Waals surface area contributed by atoms with Crippen molar-refractivity contribution in [3.63, 3.8) is 0 Å². The first-order valence-electron chi connectivity index (χ1n) is 6.68. The summed E-state index contributed by atoms with van der Waals surface area (Å²) in [5.74, 6) is -1.13. The number of halogens is 4. The van der Waals surface area contributed by atoms with Gasteiger partial charge in [0.15, 0.2) is 0 Å². The largest absolute Gasteiger partial charge is 0.478 e. The molecule has 0 saturated heterocycles. The summed E-state index contributed by atoms with van der Waals surface area (Å²) in [6.07, 6.45) is 0.737. The fourth-order valence-corrected chi connectivity index (χ4v) is 2.17. The first kappa shape index (κ1) is 17.7. The van der Waals surface area contributed by atoms with E-state index in [2.05, 4.69) is 4.98 Å². The van der Waals surface area contributed by atoms with E-state index >= 15 is 0 Å². The monoisotopic (exact) mass is 353 g/mol. The molecule has 0 unspecified atom stereocenters. The lowest BCUT2D eigenvalue weighted by Gasteiger charge is -2.11. The summed E-state index contributed by atoms with van der Waals surface area (Å²) in [5.41, 5.74) is 0.843. The van der Waals surface area contributed by atoms with Crippen LogP contribution in [0.2, 0.25) is 5.15 Å². The van der Waals surface area contributed by atoms with Crippen molar-refractivity contribution in [3.8, 4) is 0 Å². The van der Waals surface area contributed by atoms with Gasteiger partial charge < -0.3 is 5.11 Å². The third-order valence-corrected chi connectivity index (χ3v) is 3.27. The van der Waals surface area contributed by atoms with Gasteiger partial charge in [0.2, 0.25) is 0 Å². The SMILES string of the molecule is O=C(O)C=CC=C(c1ccc(C(F)(F)F)cc1)c1ccnc(Cl)c1. The molecule has 0 saturated carbocycles. The molecule has 0 aliphatic carbocycles. The van der Waals surface area contributed by atoms with Crippen LogP contribution in [0, 0.1) is 0 Å². The Morgan fingerprint density at radius 2 is 1.79 bits per heavy atom. The van der Waals surface area contributed by atoms with Crippen molar-refractivity contribution >= 4 is 23.1 Å². The number of aromatic nitrogens is 1. The lowest BCUT2D eigenvalue weighted by Crippen LogP contribution is -2.04. The van der Waals surface area contributed by atoms with Crippen LogP contribution in [0.5, 0.6) is 0 Å². The van der Waals surface area contributed by atoms with E-state index in [1.54, 1.807) is 12.1 Å². The molecule has 1 heterocycles. The number of carboxylic acid groups (broad SMARTS) is 1. The van der Waals surface area contributed by atoms with Gasteiger partial charge in [0.1, 0.15) is 5.15 Å². The molecule has 1 aromatic carbocycles. The minimum atomic E-state index is -4.43. The molecule has 7 heteroatoms. The van der Waals surface area contributed by atoms with Crippen molar-refractivity contribution in [2.75, 3.05) is 0 Å². The van der Waals surface area contributed by atoms with Crippen molar-refractivity contribution in [1.82, 2.24) is 4.98 Å². The highest BCUT2D eigenvalue weighted by molar-refractivity contribution is 6.29. The predicted octanol–water partition coefficient (Wildman–Crippen LogP) is 4.83. The molecule has 0 amide bonds. The summed E-state index contributed by atoms with van der Waals surface area (Å²) >= 11 is 5.85. The number of benzene rings is 1. The Balaban J connectivity index is 2.48. The zero-order chi connectivity index (χ0) is 17.7. The third kappa shape index (κ3) is 4.70. The number of allylic oxidation sites excluding steroid dienone is 2. The summed E-state index contributed by atoms with van der Waals surface area (Å²) in [6.45, 7) is 0. The van der Waals surface area contributed by atoms with Crippen molar-refractivity contribution in [2.45, 2.75) is 6.18 Å². The number of rotatable bonds is 4. The average molecular weight is 354 g/mol. The topological polar surface area (TPSA) is 50.2 Å². The van der Waals surface area contributed by atoms with Gasteiger partial charge in [-0.05, 0) is 41.0 Å². The van der Waals surface area contributed by atoms with E-state index in [1.165, 1.54) is 30.5 Å².